The highest BCUT2D eigenvalue weighted by atomic mass is 35.5. The van der Waals surface area contributed by atoms with Crippen molar-refractivity contribution >= 4 is 17.6 Å². The molecule has 0 aliphatic rings. The molecule has 1 heterocycles. The molecule has 2 aromatic rings. The van der Waals surface area contributed by atoms with Crippen LogP contribution in [0.5, 0.6) is 0 Å². The van der Waals surface area contributed by atoms with E-state index in [4.69, 9.17) is 16.7 Å². The molecule has 0 aliphatic heterocycles. The first kappa shape index (κ1) is 14.3. The molecule has 1 aromatic heterocycles. The van der Waals surface area contributed by atoms with Crippen molar-refractivity contribution in [3.63, 3.8) is 0 Å². The number of carboxylic acid groups (broad SMARTS) is 1. The molecule has 104 valence electrons. The Labute approximate surface area is 115 Å². The molecule has 0 saturated carbocycles. The van der Waals surface area contributed by atoms with Crippen LogP contribution in [0.15, 0.2) is 30.3 Å². The Bertz CT molecular complexity index is 657. The number of aromatic carboxylic acids is 1. The van der Waals surface area contributed by atoms with Crippen molar-refractivity contribution in [1.82, 2.24) is 9.97 Å². The largest absolute Gasteiger partial charge is 0.477 e. The Morgan fingerprint density at radius 3 is 2.25 bits per heavy atom. The van der Waals surface area contributed by atoms with E-state index in [1.54, 1.807) is 0 Å². The second kappa shape index (κ2) is 5.09. The van der Waals surface area contributed by atoms with Gasteiger partial charge in [-0.2, -0.15) is 13.2 Å². The van der Waals surface area contributed by atoms with Crippen LogP contribution in [0.25, 0.3) is 11.4 Å². The number of nitrogens with zero attached hydrogens (tertiary/aromatic N) is 2. The minimum atomic E-state index is -4.44. The molecule has 0 unspecified atom stereocenters. The van der Waals surface area contributed by atoms with Gasteiger partial charge in [-0.25, -0.2) is 14.8 Å². The van der Waals surface area contributed by atoms with Gasteiger partial charge in [-0.15, -0.1) is 0 Å². The molecule has 0 spiro atoms. The third-order valence-corrected chi connectivity index (χ3v) is 2.58. The van der Waals surface area contributed by atoms with E-state index in [1.165, 1.54) is 0 Å². The molecule has 4 nitrogen and oxygen atoms in total. The number of aromatic nitrogens is 2. The Morgan fingerprint density at radius 1 is 1.15 bits per heavy atom. The number of carbonyl (C=O) groups is 1. The Morgan fingerprint density at radius 2 is 1.75 bits per heavy atom. The van der Waals surface area contributed by atoms with Gasteiger partial charge in [-0.3, -0.25) is 0 Å². The lowest BCUT2D eigenvalue weighted by Crippen LogP contribution is -2.05. The van der Waals surface area contributed by atoms with Crippen LogP contribution in [-0.4, -0.2) is 21.0 Å². The summed E-state index contributed by atoms with van der Waals surface area (Å²) in [6.07, 6.45) is -4.44. The van der Waals surface area contributed by atoms with E-state index in [-0.39, 0.29) is 22.2 Å². The molecule has 8 heteroatoms. The van der Waals surface area contributed by atoms with Gasteiger partial charge in [0.15, 0.2) is 11.5 Å². The van der Waals surface area contributed by atoms with Crippen LogP contribution in [-0.2, 0) is 6.18 Å². The summed E-state index contributed by atoms with van der Waals surface area (Å²) in [6.45, 7) is 0. The molecule has 0 aliphatic carbocycles. The first-order valence-corrected chi connectivity index (χ1v) is 5.60. The van der Waals surface area contributed by atoms with E-state index in [1.807, 2.05) is 0 Å². The second-order valence-electron chi connectivity index (χ2n) is 3.78. The first-order chi connectivity index (χ1) is 9.27. The van der Waals surface area contributed by atoms with Gasteiger partial charge in [0.2, 0.25) is 0 Å². The number of carboxylic acids is 1. The highest BCUT2D eigenvalue weighted by Crippen LogP contribution is 2.30. The summed E-state index contributed by atoms with van der Waals surface area (Å²) in [7, 11) is 0. The lowest BCUT2D eigenvalue weighted by atomic mass is 10.1. The van der Waals surface area contributed by atoms with Crippen LogP contribution in [0.2, 0.25) is 5.15 Å². The summed E-state index contributed by atoms with van der Waals surface area (Å²) in [6, 6.07) is 5.08. The van der Waals surface area contributed by atoms with Crippen molar-refractivity contribution in [3.05, 3.63) is 46.7 Å². The molecular weight excluding hydrogens is 297 g/mol. The van der Waals surface area contributed by atoms with Crippen molar-refractivity contribution in [2.24, 2.45) is 0 Å². The third kappa shape index (κ3) is 3.05. The van der Waals surface area contributed by atoms with Gasteiger partial charge in [0.1, 0.15) is 5.15 Å². The number of alkyl halides is 3. The zero-order valence-corrected chi connectivity index (χ0v) is 10.4. The molecular formula is C12H6ClF3N2O2. The van der Waals surface area contributed by atoms with Crippen molar-refractivity contribution in [2.75, 3.05) is 0 Å². The fourth-order valence-electron chi connectivity index (χ4n) is 1.46. The second-order valence-corrected chi connectivity index (χ2v) is 4.17. The Kier molecular flexibility index (Phi) is 3.63. The van der Waals surface area contributed by atoms with Crippen LogP contribution in [0.1, 0.15) is 16.1 Å². The summed E-state index contributed by atoms with van der Waals surface area (Å²) in [5.41, 5.74) is -0.912. The molecule has 1 N–H and O–H groups in total. The fraction of sp³-hybridized carbons (Fsp3) is 0.0833. The number of hydrogen-bond donors (Lipinski definition) is 1. The lowest BCUT2D eigenvalue weighted by Gasteiger charge is -2.07. The van der Waals surface area contributed by atoms with Gasteiger partial charge in [0.25, 0.3) is 0 Å². The number of hydrogen-bond acceptors (Lipinski definition) is 3. The van der Waals surface area contributed by atoms with E-state index >= 15 is 0 Å². The molecule has 0 radical (unpaired) electrons. The molecule has 2 rings (SSSR count). The molecule has 0 atom stereocenters. The van der Waals surface area contributed by atoms with Crippen molar-refractivity contribution < 1.29 is 23.1 Å². The van der Waals surface area contributed by atoms with Gasteiger partial charge in [0, 0.05) is 11.6 Å². The van der Waals surface area contributed by atoms with Gasteiger partial charge in [-0.1, -0.05) is 23.7 Å². The van der Waals surface area contributed by atoms with E-state index in [0.29, 0.717) is 0 Å². The van der Waals surface area contributed by atoms with Crippen molar-refractivity contribution in [3.8, 4) is 11.4 Å². The molecule has 20 heavy (non-hydrogen) atoms. The maximum Gasteiger partial charge on any atom is 0.416 e. The predicted octanol–water partition coefficient (Wildman–Crippen LogP) is 3.51. The minimum absolute atomic E-state index is 0.0522. The number of benzene rings is 1. The lowest BCUT2D eigenvalue weighted by molar-refractivity contribution is -0.137. The van der Waals surface area contributed by atoms with Crippen LogP contribution < -0.4 is 0 Å². The fourth-order valence-corrected chi connectivity index (χ4v) is 1.65. The summed E-state index contributed by atoms with van der Waals surface area (Å²) < 4.78 is 37.3. The third-order valence-electron chi connectivity index (χ3n) is 2.38. The van der Waals surface area contributed by atoms with Gasteiger partial charge < -0.3 is 5.11 Å². The van der Waals surface area contributed by atoms with Crippen LogP contribution >= 0.6 is 11.6 Å². The average Bonchev–Trinajstić information content (AvgIpc) is 2.37. The minimum Gasteiger partial charge on any atom is -0.477 e. The maximum absolute atomic E-state index is 12.4. The molecule has 0 bridgehead atoms. The summed E-state index contributed by atoms with van der Waals surface area (Å²) in [4.78, 5) is 18.3. The predicted molar refractivity (Wildman–Crippen MR) is 64.4 cm³/mol. The van der Waals surface area contributed by atoms with Gasteiger partial charge >= 0.3 is 12.1 Å². The number of halogens is 4. The van der Waals surface area contributed by atoms with Crippen LogP contribution in [0.4, 0.5) is 13.2 Å². The molecule has 0 fully saturated rings. The zero-order chi connectivity index (χ0) is 14.9. The topological polar surface area (TPSA) is 63.1 Å². The molecule has 0 amide bonds. The quantitative estimate of drug-likeness (QED) is 0.862. The average molecular weight is 303 g/mol. The maximum atomic E-state index is 12.4. The first-order valence-electron chi connectivity index (χ1n) is 5.23. The Hall–Kier alpha value is -2.15. The zero-order valence-electron chi connectivity index (χ0n) is 9.65. The Balaban J connectivity index is 2.44. The monoisotopic (exact) mass is 302 g/mol. The van der Waals surface area contributed by atoms with Crippen LogP contribution in [0.3, 0.4) is 0 Å². The normalized spacial score (nSPS) is 11.4. The highest BCUT2D eigenvalue weighted by Gasteiger charge is 2.30. The van der Waals surface area contributed by atoms with Gasteiger partial charge in [-0.05, 0) is 12.1 Å². The van der Waals surface area contributed by atoms with E-state index in [0.717, 1.165) is 30.3 Å². The smallest absolute Gasteiger partial charge is 0.416 e. The van der Waals surface area contributed by atoms with Crippen LogP contribution in [0, 0.1) is 0 Å². The van der Waals surface area contributed by atoms with Crippen molar-refractivity contribution in [1.29, 1.82) is 0 Å². The summed E-state index contributed by atoms with van der Waals surface area (Å²) in [5, 5.41) is 8.73. The highest BCUT2D eigenvalue weighted by molar-refractivity contribution is 6.29. The van der Waals surface area contributed by atoms with E-state index in [9.17, 15) is 18.0 Å². The van der Waals surface area contributed by atoms with Gasteiger partial charge in [0.05, 0.1) is 5.56 Å². The van der Waals surface area contributed by atoms with E-state index in [2.05, 4.69) is 9.97 Å². The molecule has 1 aromatic carbocycles. The molecule has 0 saturated heterocycles. The number of rotatable bonds is 2. The van der Waals surface area contributed by atoms with E-state index < -0.39 is 17.7 Å². The summed E-state index contributed by atoms with van der Waals surface area (Å²) >= 11 is 5.65. The SMILES string of the molecule is O=C(O)c1cc(Cl)nc(-c2ccc(C(F)(F)F)cc2)n1. The summed E-state index contributed by atoms with van der Waals surface area (Å²) in [5.74, 6) is -1.36. The standard InChI is InChI=1S/C12H6ClF3N2O2/c13-9-5-8(11(19)20)17-10(18-9)6-1-3-7(4-2-6)12(14,15)16/h1-5H,(H,19,20). The van der Waals surface area contributed by atoms with Crippen molar-refractivity contribution in [2.45, 2.75) is 6.18 Å².